The number of hydrogen-bond acceptors (Lipinski definition) is 1. The van der Waals surface area contributed by atoms with E-state index in [1.807, 2.05) is 13.0 Å². The lowest BCUT2D eigenvalue weighted by molar-refractivity contribution is 0.0950. The van der Waals surface area contributed by atoms with Crippen LogP contribution in [0.3, 0.4) is 0 Å². The van der Waals surface area contributed by atoms with E-state index in [0.717, 1.165) is 17.5 Å². The molecule has 0 radical (unpaired) electrons. The molecule has 4 heteroatoms. The molecule has 1 fully saturated rings. The van der Waals surface area contributed by atoms with Crippen molar-refractivity contribution in [2.45, 2.75) is 25.3 Å². The first kappa shape index (κ1) is 14.1. The van der Waals surface area contributed by atoms with Gasteiger partial charge in [0.25, 0.3) is 5.91 Å². The largest absolute Gasteiger partial charge is 0.349 e. The summed E-state index contributed by atoms with van der Waals surface area (Å²) in [5, 5.41) is 3.44. The van der Waals surface area contributed by atoms with Crippen LogP contribution >= 0.6 is 11.6 Å². The minimum Gasteiger partial charge on any atom is -0.349 e. The van der Waals surface area contributed by atoms with Crippen molar-refractivity contribution in [2.75, 3.05) is 0 Å². The zero-order valence-corrected chi connectivity index (χ0v) is 12.3. The first-order valence-electron chi connectivity index (χ1n) is 6.87. The second-order valence-corrected chi connectivity index (χ2v) is 5.86. The van der Waals surface area contributed by atoms with Crippen molar-refractivity contribution in [3.8, 4) is 0 Å². The number of carbonyl (C=O) groups is 1. The lowest BCUT2D eigenvalue weighted by Gasteiger charge is -2.07. The van der Waals surface area contributed by atoms with Gasteiger partial charge >= 0.3 is 0 Å². The van der Waals surface area contributed by atoms with Gasteiger partial charge in [-0.05, 0) is 43.2 Å². The first-order valence-corrected chi connectivity index (χ1v) is 7.25. The van der Waals surface area contributed by atoms with Crippen LogP contribution in [0.2, 0.25) is 5.02 Å². The van der Waals surface area contributed by atoms with E-state index in [-0.39, 0.29) is 23.7 Å². The SMILES string of the molecule is Cc1ccc(Cl)c(C(=O)N[C@@H]2C[C@H]2c2ccc(F)cc2)c1. The number of halogens is 2. The second-order valence-electron chi connectivity index (χ2n) is 5.46. The molecule has 2 nitrogen and oxygen atoms in total. The van der Waals surface area contributed by atoms with Crippen molar-refractivity contribution in [3.63, 3.8) is 0 Å². The molecule has 0 unspecified atom stereocenters. The van der Waals surface area contributed by atoms with Gasteiger partial charge in [-0.25, -0.2) is 4.39 Å². The molecule has 0 spiro atoms. The molecule has 1 saturated carbocycles. The van der Waals surface area contributed by atoms with Gasteiger partial charge in [-0.1, -0.05) is 35.4 Å². The predicted octanol–water partition coefficient (Wildman–Crippen LogP) is 4.07. The van der Waals surface area contributed by atoms with E-state index < -0.39 is 0 Å². The molecule has 0 aliphatic heterocycles. The highest BCUT2D eigenvalue weighted by molar-refractivity contribution is 6.33. The van der Waals surface area contributed by atoms with Gasteiger partial charge in [0, 0.05) is 12.0 Å². The van der Waals surface area contributed by atoms with E-state index in [4.69, 9.17) is 11.6 Å². The molecule has 2 atom stereocenters. The lowest BCUT2D eigenvalue weighted by atomic mass is 10.1. The summed E-state index contributed by atoms with van der Waals surface area (Å²) in [7, 11) is 0. The molecule has 1 aliphatic rings. The van der Waals surface area contributed by atoms with Crippen LogP contribution in [0.15, 0.2) is 42.5 Å². The van der Waals surface area contributed by atoms with Crippen LogP contribution in [-0.4, -0.2) is 11.9 Å². The number of benzene rings is 2. The van der Waals surface area contributed by atoms with Crippen LogP contribution in [0.5, 0.6) is 0 Å². The van der Waals surface area contributed by atoms with Crippen LogP contribution in [0.4, 0.5) is 4.39 Å². The third kappa shape index (κ3) is 3.08. The highest BCUT2D eigenvalue weighted by Crippen LogP contribution is 2.41. The fourth-order valence-electron chi connectivity index (χ4n) is 2.49. The van der Waals surface area contributed by atoms with Crippen molar-refractivity contribution in [1.29, 1.82) is 0 Å². The highest BCUT2D eigenvalue weighted by atomic mass is 35.5. The number of aryl methyl sites for hydroxylation is 1. The van der Waals surface area contributed by atoms with Gasteiger partial charge in [-0.15, -0.1) is 0 Å². The fraction of sp³-hybridized carbons (Fsp3) is 0.235. The Bertz CT molecular complexity index is 684. The zero-order valence-electron chi connectivity index (χ0n) is 11.6. The van der Waals surface area contributed by atoms with E-state index in [0.29, 0.717) is 10.6 Å². The van der Waals surface area contributed by atoms with Gasteiger partial charge in [0.15, 0.2) is 0 Å². The normalized spacial score (nSPS) is 20.1. The smallest absolute Gasteiger partial charge is 0.253 e. The Morgan fingerprint density at radius 2 is 1.95 bits per heavy atom. The average Bonchev–Trinajstić information content (AvgIpc) is 3.21. The Hall–Kier alpha value is -1.87. The third-order valence-corrected chi connectivity index (χ3v) is 4.10. The van der Waals surface area contributed by atoms with Gasteiger partial charge < -0.3 is 5.32 Å². The maximum atomic E-state index is 12.9. The Morgan fingerprint density at radius 1 is 1.24 bits per heavy atom. The minimum atomic E-state index is -0.244. The molecule has 0 heterocycles. The van der Waals surface area contributed by atoms with Crippen LogP contribution < -0.4 is 5.32 Å². The molecular formula is C17H15ClFNO. The molecule has 108 valence electrons. The summed E-state index contributed by atoms with van der Waals surface area (Å²) in [5.74, 6) is -0.136. The monoisotopic (exact) mass is 303 g/mol. The van der Waals surface area contributed by atoms with E-state index >= 15 is 0 Å². The van der Waals surface area contributed by atoms with Crippen LogP contribution in [0.1, 0.15) is 33.8 Å². The summed E-state index contributed by atoms with van der Waals surface area (Å²) in [6.45, 7) is 1.92. The van der Waals surface area contributed by atoms with Crippen molar-refractivity contribution in [2.24, 2.45) is 0 Å². The van der Waals surface area contributed by atoms with Crippen molar-refractivity contribution < 1.29 is 9.18 Å². The zero-order chi connectivity index (χ0) is 15.0. The maximum absolute atomic E-state index is 12.9. The molecule has 2 aromatic rings. The molecule has 1 N–H and O–H groups in total. The minimum absolute atomic E-state index is 0.0968. The van der Waals surface area contributed by atoms with Gasteiger partial charge in [0.1, 0.15) is 5.82 Å². The number of amides is 1. The predicted molar refractivity (Wildman–Crippen MR) is 81.2 cm³/mol. The topological polar surface area (TPSA) is 29.1 Å². The summed E-state index contributed by atoms with van der Waals surface area (Å²) in [5.41, 5.74) is 2.55. The highest BCUT2D eigenvalue weighted by Gasteiger charge is 2.39. The van der Waals surface area contributed by atoms with Crippen LogP contribution in [-0.2, 0) is 0 Å². The van der Waals surface area contributed by atoms with E-state index in [1.165, 1.54) is 12.1 Å². The molecular weight excluding hydrogens is 289 g/mol. The van der Waals surface area contributed by atoms with E-state index in [1.54, 1.807) is 24.3 Å². The van der Waals surface area contributed by atoms with Gasteiger partial charge in [-0.2, -0.15) is 0 Å². The summed E-state index contributed by atoms with van der Waals surface area (Å²) in [6.07, 6.45) is 0.876. The Kier molecular flexibility index (Phi) is 3.68. The average molecular weight is 304 g/mol. The van der Waals surface area contributed by atoms with Crippen LogP contribution in [0, 0.1) is 12.7 Å². The Labute approximate surface area is 127 Å². The van der Waals surface area contributed by atoms with Crippen molar-refractivity contribution in [3.05, 3.63) is 70.0 Å². The summed E-state index contributed by atoms with van der Waals surface area (Å²) in [6, 6.07) is 11.9. The quantitative estimate of drug-likeness (QED) is 0.910. The third-order valence-electron chi connectivity index (χ3n) is 3.77. The molecule has 2 aromatic carbocycles. The van der Waals surface area contributed by atoms with Crippen molar-refractivity contribution in [1.82, 2.24) is 5.32 Å². The molecule has 0 bridgehead atoms. The van der Waals surface area contributed by atoms with E-state index in [9.17, 15) is 9.18 Å². The van der Waals surface area contributed by atoms with Gasteiger partial charge in [0.2, 0.25) is 0 Å². The summed E-state index contributed by atoms with van der Waals surface area (Å²) < 4.78 is 12.9. The molecule has 21 heavy (non-hydrogen) atoms. The van der Waals surface area contributed by atoms with Crippen LogP contribution in [0.25, 0.3) is 0 Å². The van der Waals surface area contributed by atoms with E-state index in [2.05, 4.69) is 5.32 Å². The number of nitrogens with one attached hydrogen (secondary N) is 1. The first-order chi connectivity index (χ1) is 10.0. The van der Waals surface area contributed by atoms with Gasteiger partial charge in [0.05, 0.1) is 10.6 Å². The van der Waals surface area contributed by atoms with Crippen molar-refractivity contribution >= 4 is 17.5 Å². The molecule has 0 aromatic heterocycles. The maximum Gasteiger partial charge on any atom is 0.253 e. The number of hydrogen-bond donors (Lipinski definition) is 1. The molecule has 0 saturated heterocycles. The van der Waals surface area contributed by atoms with Gasteiger partial charge in [-0.3, -0.25) is 4.79 Å². The molecule has 1 amide bonds. The fourth-order valence-corrected chi connectivity index (χ4v) is 2.70. The number of rotatable bonds is 3. The standard InChI is InChI=1S/C17H15ClFNO/c1-10-2-7-15(18)14(8-10)17(21)20-16-9-13(16)11-3-5-12(19)6-4-11/h2-8,13,16H,9H2,1H3,(H,20,21)/t13-,16+/m0/s1. The molecule has 1 aliphatic carbocycles. The Morgan fingerprint density at radius 3 is 2.67 bits per heavy atom. The second kappa shape index (κ2) is 5.49. The Balaban J connectivity index is 1.67. The summed E-state index contributed by atoms with van der Waals surface area (Å²) >= 11 is 6.06. The number of carbonyl (C=O) groups excluding carboxylic acids is 1. The lowest BCUT2D eigenvalue weighted by Crippen LogP contribution is -2.26. The molecule has 3 rings (SSSR count). The summed E-state index contributed by atoms with van der Waals surface area (Å²) in [4.78, 5) is 12.2.